The highest BCUT2D eigenvalue weighted by Gasteiger charge is 2.22. The van der Waals surface area contributed by atoms with E-state index in [1.807, 2.05) is 18.2 Å². The third-order valence-corrected chi connectivity index (χ3v) is 5.89. The Balaban J connectivity index is 1.14. The summed E-state index contributed by atoms with van der Waals surface area (Å²) in [6.07, 6.45) is 3.60. The number of benzene rings is 2. The van der Waals surface area contributed by atoms with Gasteiger partial charge in [0, 0.05) is 31.3 Å². The molecule has 1 aliphatic heterocycles. The zero-order valence-corrected chi connectivity index (χ0v) is 16.9. The van der Waals surface area contributed by atoms with Crippen molar-refractivity contribution in [3.63, 3.8) is 0 Å². The van der Waals surface area contributed by atoms with Gasteiger partial charge in [-0.05, 0) is 66.8 Å². The number of anilines is 1. The third-order valence-electron chi connectivity index (χ3n) is 5.89. The maximum Gasteiger partial charge on any atom is 0.251 e. The molecule has 1 saturated heterocycles. The standard InChI is InChI=1S/C23H23FN6O/c24-18-4-1-16(2-5-18)20-12-22(29-28-20)30-9-7-15(8-10-30)13-25-23(31)17-3-6-19-21(11-17)27-14-26-19/h1-6,11-12,14-15H,7-10,13H2,(H,25,31)(H,26,27)(H,28,29). The highest BCUT2D eigenvalue weighted by atomic mass is 19.1. The normalized spacial score (nSPS) is 14.8. The average molecular weight is 418 g/mol. The molecule has 5 rings (SSSR count). The first-order valence-electron chi connectivity index (χ1n) is 10.4. The number of piperidine rings is 1. The SMILES string of the molecule is O=C(NCC1CCN(c2cc(-c3ccc(F)cc3)[nH]n2)CC1)c1ccc2nc[nH]c2c1. The predicted octanol–water partition coefficient (Wildman–Crippen LogP) is 3.74. The van der Waals surface area contributed by atoms with Gasteiger partial charge in [-0.1, -0.05) is 0 Å². The van der Waals surface area contributed by atoms with Crippen molar-refractivity contribution in [3.8, 4) is 11.3 Å². The van der Waals surface area contributed by atoms with E-state index in [9.17, 15) is 9.18 Å². The molecule has 0 unspecified atom stereocenters. The van der Waals surface area contributed by atoms with Crippen LogP contribution in [0.3, 0.4) is 0 Å². The third kappa shape index (κ3) is 4.14. The van der Waals surface area contributed by atoms with Gasteiger partial charge in [-0.25, -0.2) is 9.37 Å². The van der Waals surface area contributed by atoms with E-state index in [1.54, 1.807) is 24.5 Å². The maximum absolute atomic E-state index is 13.1. The number of hydrogen-bond acceptors (Lipinski definition) is 4. The van der Waals surface area contributed by atoms with Crippen molar-refractivity contribution in [3.05, 3.63) is 66.2 Å². The first-order chi connectivity index (χ1) is 15.2. The zero-order chi connectivity index (χ0) is 21.2. The number of rotatable bonds is 5. The molecular formula is C23H23FN6O. The van der Waals surface area contributed by atoms with Crippen LogP contribution in [-0.4, -0.2) is 45.7 Å². The Morgan fingerprint density at radius 1 is 1.13 bits per heavy atom. The molecule has 3 N–H and O–H groups in total. The quantitative estimate of drug-likeness (QED) is 0.461. The predicted molar refractivity (Wildman–Crippen MR) is 117 cm³/mol. The number of amides is 1. The Morgan fingerprint density at radius 3 is 2.74 bits per heavy atom. The summed E-state index contributed by atoms with van der Waals surface area (Å²) < 4.78 is 13.1. The van der Waals surface area contributed by atoms with Crippen LogP contribution in [0, 0.1) is 11.7 Å². The number of aromatic amines is 2. The maximum atomic E-state index is 13.1. The van der Waals surface area contributed by atoms with Crippen LogP contribution in [0.4, 0.5) is 10.2 Å². The fourth-order valence-electron chi connectivity index (χ4n) is 4.03. The van der Waals surface area contributed by atoms with Crippen molar-refractivity contribution in [1.82, 2.24) is 25.5 Å². The van der Waals surface area contributed by atoms with Crippen LogP contribution >= 0.6 is 0 Å². The Morgan fingerprint density at radius 2 is 1.94 bits per heavy atom. The number of halogens is 1. The molecule has 8 heteroatoms. The lowest BCUT2D eigenvalue weighted by Crippen LogP contribution is -2.38. The van der Waals surface area contributed by atoms with E-state index < -0.39 is 0 Å². The van der Waals surface area contributed by atoms with E-state index in [1.165, 1.54) is 12.1 Å². The first-order valence-corrected chi connectivity index (χ1v) is 10.4. The monoisotopic (exact) mass is 418 g/mol. The molecule has 0 radical (unpaired) electrons. The van der Waals surface area contributed by atoms with E-state index in [2.05, 4.69) is 30.4 Å². The van der Waals surface area contributed by atoms with Crippen molar-refractivity contribution in [2.75, 3.05) is 24.5 Å². The largest absolute Gasteiger partial charge is 0.355 e. The molecule has 31 heavy (non-hydrogen) atoms. The van der Waals surface area contributed by atoms with Gasteiger partial charge in [0.05, 0.1) is 23.1 Å². The molecule has 3 heterocycles. The molecule has 0 saturated carbocycles. The van der Waals surface area contributed by atoms with E-state index in [4.69, 9.17) is 0 Å². The number of carbonyl (C=O) groups excluding carboxylic acids is 1. The minimum absolute atomic E-state index is 0.0600. The lowest BCUT2D eigenvalue weighted by atomic mass is 9.96. The summed E-state index contributed by atoms with van der Waals surface area (Å²) in [7, 11) is 0. The molecule has 2 aromatic heterocycles. The summed E-state index contributed by atoms with van der Waals surface area (Å²) in [6.45, 7) is 2.43. The van der Waals surface area contributed by atoms with Crippen molar-refractivity contribution in [1.29, 1.82) is 0 Å². The van der Waals surface area contributed by atoms with Gasteiger partial charge in [0.25, 0.3) is 5.91 Å². The van der Waals surface area contributed by atoms with E-state index in [0.29, 0.717) is 18.0 Å². The minimum Gasteiger partial charge on any atom is -0.355 e. The number of fused-ring (bicyclic) bond motifs is 1. The van der Waals surface area contributed by atoms with Crippen LogP contribution in [0.25, 0.3) is 22.3 Å². The molecule has 2 aromatic carbocycles. The van der Waals surface area contributed by atoms with Gasteiger partial charge < -0.3 is 15.2 Å². The van der Waals surface area contributed by atoms with Gasteiger partial charge in [0.2, 0.25) is 0 Å². The number of imidazole rings is 1. The van der Waals surface area contributed by atoms with Crippen LogP contribution in [0.15, 0.2) is 54.9 Å². The Bertz CT molecular complexity index is 1190. The zero-order valence-electron chi connectivity index (χ0n) is 16.9. The van der Waals surface area contributed by atoms with Crippen LogP contribution in [0.2, 0.25) is 0 Å². The van der Waals surface area contributed by atoms with Gasteiger partial charge in [-0.15, -0.1) is 0 Å². The molecule has 1 aliphatic rings. The summed E-state index contributed by atoms with van der Waals surface area (Å²) in [5, 5.41) is 10.5. The molecule has 4 aromatic rings. The Labute approximate surface area is 178 Å². The van der Waals surface area contributed by atoms with E-state index in [-0.39, 0.29) is 11.7 Å². The molecular weight excluding hydrogens is 395 g/mol. The van der Waals surface area contributed by atoms with Crippen molar-refractivity contribution >= 4 is 22.8 Å². The molecule has 0 bridgehead atoms. The van der Waals surface area contributed by atoms with Crippen LogP contribution < -0.4 is 10.2 Å². The summed E-state index contributed by atoms with van der Waals surface area (Å²) in [4.78, 5) is 22.0. The fraction of sp³-hybridized carbons (Fsp3) is 0.261. The van der Waals surface area contributed by atoms with E-state index in [0.717, 1.165) is 54.0 Å². The number of nitrogens with zero attached hydrogens (tertiary/aromatic N) is 3. The number of nitrogens with one attached hydrogen (secondary N) is 3. The number of aromatic nitrogens is 4. The fourth-order valence-corrected chi connectivity index (χ4v) is 4.03. The van der Waals surface area contributed by atoms with Crippen LogP contribution in [-0.2, 0) is 0 Å². The van der Waals surface area contributed by atoms with Gasteiger partial charge >= 0.3 is 0 Å². The van der Waals surface area contributed by atoms with E-state index >= 15 is 0 Å². The molecule has 1 amide bonds. The topological polar surface area (TPSA) is 89.7 Å². The summed E-state index contributed by atoms with van der Waals surface area (Å²) in [5.74, 6) is 1.02. The smallest absolute Gasteiger partial charge is 0.251 e. The van der Waals surface area contributed by atoms with Crippen molar-refractivity contribution < 1.29 is 9.18 Å². The lowest BCUT2D eigenvalue weighted by Gasteiger charge is -2.32. The first kappa shape index (κ1) is 19.3. The number of H-pyrrole nitrogens is 2. The molecule has 0 atom stereocenters. The van der Waals surface area contributed by atoms with Gasteiger partial charge in [-0.2, -0.15) is 5.10 Å². The molecule has 0 aliphatic carbocycles. The summed E-state index contributed by atoms with van der Waals surface area (Å²) in [5.41, 5.74) is 4.13. The summed E-state index contributed by atoms with van der Waals surface area (Å²) in [6, 6.07) is 13.9. The second-order valence-corrected chi connectivity index (χ2v) is 7.92. The van der Waals surface area contributed by atoms with Crippen molar-refractivity contribution in [2.45, 2.75) is 12.8 Å². The number of carbonyl (C=O) groups is 1. The minimum atomic E-state index is -0.250. The molecule has 1 fully saturated rings. The lowest BCUT2D eigenvalue weighted by molar-refractivity contribution is 0.0945. The van der Waals surface area contributed by atoms with Crippen LogP contribution in [0.1, 0.15) is 23.2 Å². The highest BCUT2D eigenvalue weighted by Crippen LogP contribution is 2.26. The summed E-state index contributed by atoms with van der Waals surface area (Å²) >= 11 is 0. The number of hydrogen-bond donors (Lipinski definition) is 3. The molecule has 158 valence electrons. The van der Waals surface area contributed by atoms with Gasteiger partial charge in [0.15, 0.2) is 5.82 Å². The van der Waals surface area contributed by atoms with Crippen molar-refractivity contribution in [2.24, 2.45) is 5.92 Å². The second kappa shape index (κ2) is 8.22. The highest BCUT2D eigenvalue weighted by molar-refractivity contribution is 5.97. The average Bonchev–Trinajstić information content (AvgIpc) is 3.48. The van der Waals surface area contributed by atoms with Crippen LogP contribution in [0.5, 0.6) is 0 Å². The second-order valence-electron chi connectivity index (χ2n) is 7.92. The Hall–Kier alpha value is -3.68. The Kier molecular flexibility index (Phi) is 5.11. The van der Waals surface area contributed by atoms with Gasteiger partial charge in [0.1, 0.15) is 5.82 Å². The molecule has 7 nitrogen and oxygen atoms in total. The molecule has 0 spiro atoms. The van der Waals surface area contributed by atoms with Gasteiger partial charge in [-0.3, -0.25) is 9.89 Å².